The molecule has 0 N–H and O–H groups in total. The summed E-state index contributed by atoms with van der Waals surface area (Å²) in [6.07, 6.45) is 10.4. The van der Waals surface area contributed by atoms with E-state index in [4.69, 9.17) is 4.99 Å². The third kappa shape index (κ3) is 2.29. The minimum absolute atomic E-state index is 0.216. The summed E-state index contributed by atoms with van der Waals surface area (Å²) in [4.78, 5) is 4.80. The minimum Gasteiger partial charge on any atom is -0.253 e. The Morgan fingerprint density at radius 1 is 1.24 bits per heavy atom. The Morgan fingerprint density at radius 3 is 2.52 bits per heavy atom. The fourth-order valence-corrected chi connectivity index (χ4v) is 3.43. The number of hydrogen-bond donors (Lipinski definition) is 0. The normalized spacial score (nSPS) is 24.4. The third-order valence-corrected chi connectivity index (χ3v) is 4.65. The fourth-order valence-electron chi connectivity index (χ4n) is 3.43. The van der Waals surface area contributed by atoms with Gasteiger partial charge < -0.3 is 0 Å². The highest BCUT2D eigenvalue weighted by Gasteiger charge is 2.32. The second-order valence-corrected chi connectivity index (χ2v) is 7.51. The lowest BCUT2D eigenvalue weighted by Crippen LogP contribution is -2.08. The molecule has 0 aromatic rings. The molecule has 2 aliphatic carbocycles. The van der Waals surface area contributed by atoms with Crippen LogP contribution in [0.25, 0.3) is 0 Å². The van der Waals surface area contributed by atoms with E-state index in [-0.39, 0.29) is 5.41 Å². The molecule has 3 aliphatic rings. The SMILES string of the molecule is CC1=NC2=CCC(=C(C)C)C2=C1C1C=CC(C(C)(C)C)=C1. The van der Waals surface area contributed by atoms with Crippen molar-refractivity contribution in [3.05, 3.63) is 57.9 Å². The zero-order valence-corrected chi connectivity index (χ0v) is 14.0. The zero-order chi connectivity index (χ0) is 15.4. The average molecular weight is 279 g/mol. The standard InChI is InChI=1S/C20H25N/c1-12(2)16-9-10-17-19(16)18(13(3)21-17)14-7-8-15(11-14)20(4,5)6/h7-8,10-11,14H,9H2,1-6H3. The summed E-state index contributed by atoms with van der Waals surface area (Å²) in [7, 11) is 0. The van der Waals surface area contributed by atoms with Crippen LogP contribution in [0.15, 0.2) is 62.9 Å². The van der Waals surface area contributed by atoms with Gasteiger partial charge in [-0.05, 0) is 49.3 Å². The highest BCUT2D eigenvalue weighted by molar-refractivity contribution is 6.06. The fraction of sp³-hybridized carbons (Fsp3) is 0.450. The van der Waals surface area contributed by atoms with Crippen LogP contribution in [0.5, 0.6) is 0 Å². The molecule has 0 spiro atoms. The number of hydrogen-bond acceptors (Lipinski definition) is 1. The zero-order valence-electron chi connectivity index (χ0n) is 14.0. The molecular formula is C20H25N. The predicted octanol–water partition coefficient (Wildman–Crippen LogP) is 5.54. The van der Waals surface area contributed by atoms with Crippen molar-refractivity contribution in [3.8, 4) is 0 Å². The Balaban J connectivity index is 2.08. The van der Waals surface area contributed by atoms with Crippen LogP contribution in [0.1, 0.15) is 48.0 Å². The molecule has 0 aromatic carbocycles. The lowest BCUT2D eigenvalue weighted by atomic mass is 9.85. The summed E-state index contributed by atoms with van der Waals surface area (Å²) in [5.74, 6) is 0.385. The summed E-state index contributed by atoms with van der Waals surface area (Å²) in [5, 5.41) is 0. The van der Waals surface area contributed by atoms with Gasteiger partial charge in [0.2, 0.25) is 0 Å². The summed E-state index contributed by atoms with van der Waals surface area (Å²) >= 11 is 0. The second kappa shape index (κ2) is 4.69. The van der Waals surface area contributed by atoms with Gasteiger partial charge in [-0.1, -0.05) is 50.6 Å². The van der Waals surface area contributed by atoms with Crippen molar-refractivity contribution < 1.29 is 0 Å². The lowest BCUT2D eigenvalue weighted by Gasteiger charge is -2.19. The molecule has 1 nitrogen and oxygen atoms in total. The van der Waals surface area contributed by atoms with Gasteiger partial charge in [0.15, 0.2) is 0 Å². The van der Waals surface area contributed by atoms with Crippen LogP contribution in [0.2, 0.25) is 0 Å². The molecule has 1 heterocycles. The molecule has 3 rings (SSSR count). The Hall–Kier alpha value is -1.63. The maximum Gasteiger partial charge on any atom is 0.0675 e. The first-order valence-electron chi connectivity index (χ1n) is 7.86. The number of nitrogens with zero attached hydrogens (tertiary/aromatic N) is 1. The summed E-state index contributed by atoms with van der Waals surface area (Å²) in [6, 6.07) is 0. The van der Waals surface area contributed by atoms with Crippen molar-refractivity contribution in [1.82, 2.24) is 0 Å². The van der Waals surface area contributed by atoms with E-state index >= 15 is 0 Å². The van der Waals surface area contributed by atoms with Gasteiger partial charge in [-0.3, -0.25) is 4.99 Å². The lowest BCUT2D eigenvalue weighted by molar-refractivity contribution is 0.517. The topological polar surface area (TPSA) is 12.4 Å². The van der Waals surface area contributed by atoms with Gasteiger partial charge in [0.1, 0.15) is 0 Å². The van der Waals surface area contributed by atoms with Crippen molar-refractivity contribution in [2.24, 2.45) is 16.3 Å². The van der Waals surface area contributed by atoms with E-state index in [9.17, 15) is 0 Å². The van der Waals surface area contributed by atoms with Crippen LogP contribution in [-0.4, -0.2) is 5.71 Å². The molecule has 0 radical (unpaired) electrons. The quantitative estimate of drug-likeness (QED) is 0.597. The van der Waals surface area contributed by atoms with Crippen LogP contribution in [0.3, 0.4) is 0 Å². The Bertz CT molecular complexity index is 678. The largest absolute Gasteiger partial charge is 0.253 e. The third-order valence-electron chi connectivity index (χ3n) is 4.65. The second-order valence-electron chi connectivity index (χ2n) is 7.51. The number of aliphatic imine (C=N–C) groups is 1. The van der Waals surface area contributed by atoms with Gasteiger partial charge in [0.25, 0.3) is 0 Å². The van der Waals surface area contributed by atoms with Crippen molar-refractivity contribution in [3.63, 3.8) is 0 Å². The maximum atomic E-state index is 4.80. The van der Waals surface area contributed by atoms with Gasteiger partial charge in [-0.2, -0.15) is 0 Å². The number of rotatable bonds is 1. The monoisotopic (exact) mass is 279 g/mol. The van der Waals surface area contributed by atoms with Crippen LogP contribution >= 0.6 is 0 Å². The molecule has 0 aromatic heterocycles. The van der Waals surface area contributed by atoms with E-state index in [1.54, 1.807) is 0 Å². The molecule has 0 saturated carbocycles. The highest BCUT2D eigenvalue weighted by atomic mass is 14.8. The predicted molar refractivity (Wildman–Crippen MR) is 91.4 cm³/mol. The van der Waals surface area contributed by atoms with Gasteiger partial charge in [0, 0.05) is 17.2 Å². The molecule has 1 atom stereocenters. The molecule has 1 aliphatic heterocycles. The van der Waals surface area contributed by atoms with Crippen molar-refractivity contribution in [2.45, 2.75) is 48.0 Å². The van der Waals surface area contributed by atoms with Crippen LogP contribution in [-0.2, 0) is 0 Å². The number of allylic oxidation sites excluding steroid dienone is 8. The Labute approximate surface area is 128 Å². The van der Waals surface area contributed by atoms with Crippen LogP contribution < -0.4 is 0 Å². The first-order valence-corrected chi connectivity index (χ1v) is 7.86. The van der Waals surface area contributed by atoms with Crippen LogP contribution in [0.4, 0.5) is 0 Å². The highest BCUT2D eigenvalue weighted by Crippen LogP contribution is 2.45. The van der Waals surface area contributed by atoms with E-state index < -0.39 is 0 Å². The van der Waals surface area contributed by atoms with Crippen molar-refractivity contribution in [2.75, 3.05) is 0 Å². The molecule has 0 fully saturated rings. The van der Waals surface area contributed by atoms with E-state index in [2.05, 4.69) is 65.8 Å². The van der Waals surface area contributed by atoms with E-state index in [1.165, 1.54) is 39.3 Å². The van der Waals surface area contributed by atoms with Crippen molar-refractivity contribution in [1.29, 1.82) is 0 Å². The van der Waals surface area contributed by atoms with Crippen molar-refractivity contribution >= 4 is 5.71 Å². The molecule has 21 heavy (non-hydrogen) atoms. The molecule has 0 amide bonds. The Kier molecular flexibility index (Phi) is 3.20. The molecule has 1 unspecified atom stereocenters. The first kappa shape index (κ1) is 14.3. The molecular weight excluding hydrogens is 254 g/mol. The van der Waals surface area contributed by atoms with Gasteiger partial charge in [-0.15, -0.1) is 0 Å². The average Bonchev–Trinajstić information content (AvgIpc) is 3.00. The van der Waals surface area contributed by atoms with Crippen LogP contribution in [0, 0.1) is 11.3 Å². The van der Waals surface area contributed by atoms with E-state index in [0.717, 1.165) is 6.42 Å². The maximum absolute atomic E-state index is 4.80. The summed E-state index contributed by atoms with van der Waals surface area (Å²) in [6.45, 7) is 13.4. The molecule has 110 valence electrons. The number of fused-ring (bicyclic) bond motifs is 1. The molecule has 0 bridgehead atoms. The first-order chi connectivity index (χ1) is 9.79. The van der Waals surface area contributed by atoms with E-state index in [0.29, 0.717) is 5.92 Å². The van der Waals surface area contributed by atoms with Gasteiger partial charge >= 0.3 is 0 Å². The summed E-state index contributed by atoms with van der Waals surface area (Å²) in [5.41, 5.74) is 9.77. The molecule has 0 saturated heterocycles. The smallest absolute Gasteiger partial charge is 0.0675 e. The molecule has 1 heteroatoms. The minimum atomic E-state index is 0.216. The van der Waals surface area contributed by atoms with Gasteiger partial charge in [-0.25, -0.2) is 0 Å². The van der Waals surface area contributed by atoms with Gasteiger partial charge in [0.05, 0.1) is 5.70 Å². The summed E-state index contributed by atoms with van der Waals surface area (Å²) < 4.78 is 0. The Morgan fingerprint density at radius 2 is 1.95 bits per heavy atom. The van der Waals surface area contributed by atoms with E-state index in [1.807, 2.05) is 0 Å².